The second-order valence-corrected chi connectivity index (χ2v) is 5.17. The molecule has 0 aromatic heterocycles. The van der Waals surface area contributed by atoms with Crippen LogP contribution in [-0.2, 0) is 14.4 Å². The van der Waals surface area contributed by atoms with Crippen LogP contribution in [0.15, 0.2) is 5.16 Å². The van der Waals surface area contributed by atoms with Gasteiger partial charge in [0.15, 0.2) is 11.6 Å². The van der Waals surface area contributed by atoms with E-state index < -0.39 is 12.0 Å². The molecule has 0 unspecified atom stereocenters. The van der Waals surface area contributed by atoms with Crippen LogP contribution in [0, 0.1) is 5.92 Å². The number of nitrogens with one attached hydrogen (secondary N) is 1. The zero-order valence-corrected chi connectivity index (χ0v) is 13.0. The molecule has 1 aliphatic carbocycles. The Balaban J connectivity index is 2.76. The average Bonchev–Trinajstić information content (AvgIpc) is 2.41. The predicted molar refractivity (Wildman–Crippen MR) is 78.1 cm³/mol. The van der Waals surface area contributed by atoms with E-state index in [2.05, 4.69) is 10.5 Å². The predicted octanol–water partition coefficient (Wildman–Crippen LogP) is 0.977. The minimum Gasteiger partial charge on any atom is -0.396 e. The van der Waals surface area contributed by atoms with Gasteiger partial charge < -0.3 is 15.1 Å². The zero-order chi connectivity index (χ0) is 16.0. The van der Waals surface area contributed by atoms with Gasteiger partial charge in [-0.15, -0.1) is 0 Å². The summed E-state index contributed by atoms with van der Waals surface area (Å²) in [7, 11) is 3.21. The topological polar surface area (TPSA) is 88.1 Å². The molecule has 0 aromatic carbocycles. The molecule has 0 aliphatic heterocycles. The number of carbonyl (C=O) groups excluding carboxylic acids is 3. The Morgan fingerprint density at radius 3 is 2.29 bits per heavy atom. The van der Waals surface area contributed by atoms with Crippen LogP contribution in [0.25, 0.3) is 0 Å². The molecule has 0 atom stereocenters. The number of ketones is 2. The van der Waals surface area contributed by atoms with E-state index in [-0.39, 0.29) is 30.4 Å². The van der Waals surface area contributed by atoms with Gasteiger partial charge >= 0.3 is 6.03 Å². The van der Waals surface area contributed by atoms with Crippen molar-refractivity contribution >= 4 is 23.3 Å². The number of rotatable bonds is 5. The lowest BCUT2D eigenvalue weighted by Gasteiger charge is -2.28. The molecule has 1 N–H and O–H groups in total. The Hall–Kier alpha value is -1.92. The van der Waals surface area contributed by atoms with Gasteiger partial charge in [-0.1, -0.05) is 12.1 Å². The third kappa shape index (κ3) is 4.54. The first-order chi connectivity index (χ1) is 9.90. The van der Waals surface area contributed by atoms with Gasteiger partial charge in [-0.05, 0) is 13.3 Å². The van der Waals surface area contributed by atoms with E-state index in [4.69, 9.17) is 4.84 Å². The van der Waals surface area contributed by atoms with Crippen molar-refractivity contribution < 1.29 is 19.2 Å². The zero-order valence-electron chi connectivity index (χ0n) is 13.0. The third-order valence-electron chi connectivity index (χ3n) is 3.28. The third-order valence-corrected chi connectivity index (χ3v) is 3.28. The molecule has 1 fully saturated rings. The van der Waals surface area contributed by atoms with Crippen molar-refractivity contribution in [2.45, 2.75) is 39.2 Å². The Labute approximate surface area is 124 Å². The molecule has 0 spiro atoms. The molecule has 0 aromatic rings. The molecule has 1 aliphatic rings. The highest BCUT2D eigenvalue weighted by Gasteiger charge is 2.39. The molecule has 0 bridgehead atoms. The second-order valence-electron chi connectivity index (χ2n) is 5.17. The van der Waals surface area contributed by atoms with E-state index >= 15 is 0 Å². The summed E-state index contributed by atoms with van der Waals surface area (Å²) < 4.78 is 0. The van der Waals surface area contributed by atoms with Gasteiger partial charge in [-0.3, -0.25) is 9.59 Å². The van der Waals surface area contributed by atoms with Crippen LogP contribution in [-0.4, -0.2) is 55.0 Å². The fourth-order valence-electron chi connectivity index (χ4n) is 2.22. The van der Waals surface area contributed by atoms with Crippen molar-refractivity contribution in [3.05, 3.63) is 0 Å². The molecule has 7 nitrogen and oxygen atoms in total. The number of nitrogens with zero attached hydrogens (tertiary/aromatic N) is 2. The number of urea groups is 1. The monoisotopic (exact) mass is 297 g/mol. The minimum atomic E-state index is -0.825. The number of amides is 2. The molecule has 0 heterocycles. The van der Waals surface area contributed by atoms with Gasteiger partial charge in [-0.2, -0.15) is 0 Å². The van der Waals surface area contributed by atoms with Crippen LogP contribution in [0.3, 0.4) is 0 Å². The number of hydrogen-bond acceptors (Lipinski definition) is 5. The van der Waals surface area contributed by atoms with E-state index in [1.165, 1.54) is 4.90 Å². The fraction of sp³-hybridized carbons (Fsp3) is 0.714. The van der Waals surface area contributed by atoms with Gasteiger partial charge in [0.1, 0.15) is 12.5 Å². The summed E-state index contributed by atoms with van der Waals surface area (Å²) in [6.45, 7) is 4.01. The van der Waals surface area contributed by atoms with Crippen LogP contribution in [0.5, 0.6) is 0 Å². The number of Topliss-reactive ketones (excluding diaryl/α,β-unsaturated/α-hetero) is 2. The maximum Gasteiger partial charge on any atom is 0.317 e. The summed E-state index contributed by atoms with van der Waals surface area (Å²) in [4.78, 5) is 42.3. The van der Waals surface area contributed by atoms with E-state index in [1.807, 2.05) is 6.92 Å². The SMILES string of the molecule is CCO/N=C(/CC)C1C(=O)CC(NC(=O)N(C)C)CC1=O. The summed E-state index contributed by atoms with van der Waals surface area (Å²) in [6, 6.07) is -0.751. The Morgan fingerprint density at radius 1 is 1.29 bits per heavy atom. The number of hydrogen-bond donors (Lipinski definition) is 1. The summed E-state index contributed by atoms with van der Waals surface area (Å²) in [5, 5.41) is 6.55. The van der Waals surface area contributed by atoms with Gasteiger partial charge in [0.25, 0.3) is 0 Å². The van der Waals surface area contributed by atoms with Gasteiger partial charge in [0, 0.05) is 33.0 Å². The fourth-order valence-corrected chi connectivity index (χ4v) is 2.22. The number of oxime groups is 1. The first-order valence-corrected chi connectivity index (χ1v) is 7.12. The molecule has 0 radical (unpaired) electrons. The smallest absolute Gasteiger partial charge is 0.317 e. The van der Waals surface area contributed by atoms with Crippen LogP contribution >= 0.6 is 0 Å². The molecule has 2 amide bonds. The van der Waals surface area contributed by atoms with Crippen LogP contribution in [0.2, 0.25) is 0 Å². The van der Waals surface area contributed by atoms with Crippen molar-refractivity contribution in [2.24, 2.45) is 11.1 Å². The summed E-state index contributed by atoms with van der Waals surface area (Å²) in [5.74, 6) is -1.25. The highest BCUT2D eigenvalue weighted by Crippen LogP contribution is 2.21. The molecular formula is C14H23N3O4. The number of carbonyl (C=O) groups is 3. The Morgan fingerprint density at radius 2 is 1.86 bits per heavy atom. The second kappa shape index (κ2) is 7.75. The maximum absolute atomic E-state index is 12.2. The molecular weight excluding hydrogens is 274 g/mol. The lowest BCUT2D eigenvalue weighted by molar-refractivity contribution is -0.133. The van der Waals surface area contributed by atoms with E-state index in [1.54, 1.807) is 21.0 Å². The average molecular weight is 297 g/mol. The minimum absolute atomic E-state index is 0.140. The lowest BCUT2D eigenvalue weighted by Crippen LogP contribution is -2.49. The largest absolute Gasteiger partial charge is 0.396 e. The highest BCUT2D eigenvalue weighted by molar-refractivity contribution is 6.22. The summed E-state index contributed by atoms with van der Waals surface area (Å²) >= 11 is 0. The van der Waals surface area contributed by atoms with E-state index in [0.717, 1.165) is 0 Å². The van der Waals surface area contributed by atoms with Crippen molar-refractivity contribution in [2.75, 3.05) is 20.7 Å². The molecule has 7 heteroatoms. The molecule has 21 heavy (non-hydrogen) atoms. The molecule has 0 saturated heterocycles. The molecule has 1 rings (SSSR count). The maximum atomic E-state index is 12.2. The van der Waals surface area contributed by atoms with Gasteiger partial charge in [0.2, 0.25) is 0 Å². The van der Waals surface area contributed by atoms with Crippen molar-refractivity contribution in [1.29, 1.82) is 0 Å². The van der Waals surface area contributed by atoms with E-state index in [0.29, 0.717) is 18.7 Å². The Kier molecular flexibility index (Phi) is 6.33. The molecule has 1 saturated carbocycles. The Bertz CT molecular complexity index is 428. The summed E-state index contributed by atoms with van der Waals surface area (Å²) in [5.41, 5.74) is 0.462. The highest BCUT2D eigenvalue weighted by atomic mass is 16.6. The van der Waals surface area contributed by atoms with Crippen molar-refractivity contribution in [3.63, 3.8) is 0 Å². The van der Waals surface area contributed by atoms with E-state index in [9.17, 15) is 14.4 Å². The van der Waals surface area contributed by atoms with Gasteiger partial charge in [-0.25, -0.2) is 4.79 Å². The van der Waals surface area contributed by atoms with Crippen molar-refractivity contribution in [3.8, 4) is 0 Å². The van der Waals surface area contributed by atoms with Gasteiger partial charge in [0.05, 0.1) is 5.71 Å². The first kappa shape index (κ1) is 17.1. The van der Waals surface area contributed by atoms with Crippen LogP contribution in [0.1, 0.15) is 33.1 Å². The standard InChI is InChI=1S/C14H23N3O4/c1-5-10(16-21-6-2)13-11(18)7-9(8-12(13)19)15-14(20)17(3)4/h9,13H,5-8H2,1-4H3,(H,15,20)/b16-10-. The normalized spacial score (nSPS) is 23.0. The lowest BCUT2D eigenvalue weighted by atomic mass is 9.80. The first-order valence-electron chi connectivity index (χ1n) is 7.12. The quantitative estimate of drug-likeness (QED) is 0.465. The van der Waals surface area contributed by atoms with Crippen LogP contribution < -0.4 is 5.32 Å². The van der Waals surface area contributed by atoms with Crippen LogP contribution in [0.4, 0.5) is 4.79 Å². The molecule has 118 valence electrons. The summed E-state index contributed by atoms with van der Waals surface area (Å²) in [6.07, 6.45) is 0.763. The van der Waals surface area contributed by atoms with Crippen molar-refractivity contribution in [1.82, 2.24) is 10.2 Å².